The highest BCUT2D eigenvalue weighted by Crippen LogP contribution is 2.23. The Morgan fingerprint density at radius 1 is 1.09 bits per heavy atom. The molecule has 3 heteroatoms. The number of benzene rings is 2. The number of carbonyl (C=O) groups is 1. The minimum absolute atomic E-state index is 0.233. The molecule has 2 aromatic carbocycles. The lowest BCUT2D eigenvalue weighted by Gasteiger charge is -2.35. The predicted molar refractivity (Wildman–Crippen MR) is 89.7 cm³/mol. The topological polar surface area (TPSA) is 29.5 Å². The molecule has 0 saturated carbocycles. The van der Waals surface area contributed by atoms with Crippen LogP contribution in [-0.4, -0.2) is 29.7 Å². The van der Waals surface area contributed by atoms with E-state index >= 15 is 0 Å². The Balaban J connectivity index is 1.66. The molecule has 3 rings (SSSR count). The monoisotopic (exact) mass is 295 g/mol. The number of ether oxygens (including phenoxy) is 1. The maximum atomic E-state index is 11.9. The molecule has 22 heavy (non-hydrogen) atoms. The number of likely N-dealkylation sites (tertiary alicyclic amines) is 1. The lowest BCUT2D eigenvalue weighted by molar-refractivity contribution is 0.0216. The molecule has 1 aliphatic rings. The fraction of sp³-hybridized carbons (Fsp3) is 0.316. The van der Waals surface area contributed by atoms with Crippen LogP contribution in [0.25, 0.3) is 16.8 Å². The quantitative estimate of drug-likeness (QED) is 0.776. The molecule has 1 fully saturated rings. The molecule has 0 N–H and O–H groups in total. The van der Waals surface area contributed by atoms with Gasteiger partial charge in [-0.1, -0.05) is 42.5 Å². The summed E-state index contributed by atoms with van der Waals surface area (Å²) in [5.41, 5.74) is 1.99. The molecule has 0 spiro atoms. The van der Waals surface area contributed by atoms with Crippen LogP contribution < -0.4 is 0 Å². The second kappa shape index (κ2) is 5.48. The lowest BCUT2D eigenvalue weighted by atomic mass is 10.0. The molecule has 1 aliphatic heterocycles. The molecule has 2 aromatic rings. The summed E-state index contributed by atoms with van der Waals surface area (Å²) in [7, 11) is 0. The first-order chi connectivity index (χ1) is 10.4. The largest absolute Gasteiger partial charge is 0.444 e. The number of rotatable bonds is 1. The van der Waals surface area contributed by atoms with Gasteiger partial charge in [-0.3, -0.25) is 0 Å². The zero-order chi connectivity index (χ0) is 15.7. The van der Waals surface area contributed by atoms with E-state index in [1.807, 2.05) is 32.9 Å². The molecular weight excluding hydrogens is 274 g/mol. The van der Waals surface area contributed by atoms with E-state index in [9.17, 15) is 4.79 Å². The highest BCUT2D eigenvalue weighted by molar-refractivity contribution is 5.85. The highest BCUT2D eigenvalue weighted by atomic mass is 16.6. The summed E-state index contributed by atoms with van der Waals surface area (Å²) in [5, 5.41) is 2.48. The first-order valence-electron chi connectivity index (χ1n) is 7.57. The molecule has 0 radical (unpaired) electrons. The van der Waals surface area contributed by atoms with Crippen molar-refractivity contribution in [1.29, 1.82) is 0 Å². The Morgan fingerprint density at radius 2 is 1.77 bits per heavy atom. The number of nitrogens with zero attached hydrogens (tertiary/aromatic N) is 1. The minimum Gasteiger partial charge on any atom is -0.444 e. The smallest absolute Gasteiger partial charge is 0.410 e. The van der Waals surface area contributed by atoms with Crippen molar-refractivity contribution in [2.24, 2.45) is 0 Å². The summed E-state index contributed by atoms with van der Waals surface area (Å²) in [6.45, 7) is 6.97. The first-order valence-corrected chi connectivity index (χ1v) is 7.57. The molecule has 1 amide bonds. The molecule has 0 unspecified atom stereocenters. The number of carbonyl (C=O) groups excluding carboxylic acids is 1. The van der Waals surface area contributed by atoms with Gasteiger partial charge >= 0.3 is 6.09 Å². The second-order valence-corrected chi connectivity index (χ2v) is 6.75. The molecule has 0 bridgehead atoms. The van der Waals surface area contributed by atoms with E-state index in [-0.39, 0.29) is 6.09 Å². The van der Waals surface area contributed by atoms with Gasteiger partial charge in [-0.25, -0.2) is 4.79 Å². The Kier molecular flexibility index (Phi) is 3.65. The van der Waals surface area contributed by atoms with E-state index in [1.54, 1.807) is 4.90 Å². The zero-order valence-corrected chi connectivity index (χ0v) is 13.3. The Hall–Kier alpha value is -2.29. The number of amides is 1. The second-order valence-electron chi connectivity index (χ2n) is 6.75. The average molecular weight is 295 g/mol. The van der Waals surface area contributed by atoms with Crippen molar-refractivity contribution in [3.63, 3.8) is 0 Å². The van der Waals surface area contributed by atoms with Crippen molar-refractivity contribution in [2.45, 2.75) is 26.4 Å². The number of hydrogen-bond donors (Lipinski definition) is 0. The van der Waals surface area contributed by atoms with Gasteiger partial charge in [-0.15, -0.1) is 0 Å². The van der Waals surface area contributed by atoms with Crippen LogP contribution in [0.15, 0.2) is 48.0 Å². The summed E-state index contributed by atoms with van der Waals surface area (Å²) in [6.07, 6.45) is 1.93. The molecule has 1 heterocycles. The average Bonchev–Trinajstić information content (AvgIpc) is 2.40. The Bertz CT molecular complexity index is 732. The third kappa shape index (κ3) is 3.30. The highest BCUT2D eigenvalue weighted by Gasteiger charge is 2.29. The van der Waals surface area contributed by atoms with Crippen molar-refractivity contribution in [1.82, 2.24) is 4.90 Å². The van der Waals surface area contributed by atoms with Crippen LogP contribution in [0.4, 0.5) is 4.79 Å². The molecule has 0 aliphatic carbocycles. The molecule has 3 nitrogen and oxygen atoms in total. The van der Waals surface area contributed by atoms with Crippen molar-refractivity contribution in [3.8, 4) is 0 Å². The maximum absolute atomic E-state index is 11.9. The van der Waals surface area contributed by atoms with Crippen molar-refractivity contribution in [2.75, 3.05) is 13.1 Å². The van der Waals surface area contributed by atoms with Gasteiger partial charge in [0.05, 0.1) is 0 Å². The zero-order valence-electron chi connectivity index (χ0n) is 13.3. The van der Waals surface area contributed by atoms with Crippen LogP contribution in [0, 0.1) is 0 Å². The van der Waals surface area contributed by atoms with Crippen LogP contribution in [-0.2, 0) is 4.74 Å². The van der Waals surface area contributed by atoms with E-state index in [4.69, 9.17) is 4.74 Å². The Labute approximate surface area is 131 Å². The van der Waals surface area contributed by atoms with E-state index in [1.165, 1.54) is 21.9 Å². The van der Waals surface area contributed by atoms with Crippen molar-refractivity contribution < 1.29 is 9.53 Å². The minimum atomic E-state index is -0.436. The standard InChI is InChI=1S/C19H21NO2/c1-19(2,3)22-18(21)20-12-15(13-20)10-14-8-9-16-6-4-5-7-17(16)11-14/h4-11H,12-13H2,1-3H3. The van der Waals surface area contributed by atoms with Gasteiger partial charge in [0, 0.05) is 13.1 Å². The summed E-state index contributed by atoms with van der Waals surface area (Å²) < 4.78 is 5.36. The van der Waals surface area contributed by atoms with E-state index < -0.39 is 5.60 Å². The van der Waals surface area contributed by atoms with Crippen LogP contribution in [0.1, 0.15) is 26.3 Å². The predicted octanol–water partition coefficient (Wildman–Crippen LogP) is 4.47. The SMILES string of the molecule is CC(C)(C)OC(=O)N1CC(=Cc2ccc3ccccc3c2)C1. The number of hydrogen-bond acceptors (Lipinski definition) is 2. The fourth-order valence-electron chi connectivity index (χ4n) is 2.52. The van der Waals surface area contributed by atoms with E-state index in [0.717, 1.165) is 0 Å². The van der Waals surface area contributed by atoms with Gasteiger partial charge in [0.15, 0.2) is 0 Å². The molecule has 114 valence electrons. The van der Waals surface area contributed by atoms with Crippen molar-refractivity contribution in [3.05, 3.63) is 53.6 Å². The maximum Gasteiger partial charge on any atom is 0.410 e. The molecular formula is C19H21NO2. The van der Waals surface area contributed by atoms with Crippen LogP contribution in [0.3, 0.4) is 0 Å². The lowest BCUT2D eigenvalue weighted by Crippen LogP contribution is -2.46. The summed E-state index contributed by atoms with van der Waals surface area (Å²) >= 11 is 0. The van der Waals surface area contributed by atoms with E-state index in [2.05, 4.69) is 36.4 Å². The van der Waals surface area contributed by atoms with Crippen molar-refractivity contribution >= 4 is 22.9 Å². The number of fused-ring (bicyclic) bond motifs is 1. The summed E-state index contributed by atoms with van der Waals surface area (Å²) in [5.74, 6) is 0. The first kappa shape index (κ1) is 14.6. The van der Waals surface area contributed by atoms with Gasteiger partial charge < -0.3 is 9.64 Å². The van der Waals surface area contributed by atoms with Crippen LogP contribution in [0.5, 0.6) is 0 Å². The van der Waals surface area contributed by atoms with Gasteiger partial charge in [0.25, 0.3) is 0 Å². The van der Waals surface area contributed by atoms with Gasteiger partial charge in [-0.2, -0.15) is 0 Å². The fourth-order valence-corrected chi connectivity index (χ4v) is 2.52. The van der Waals surface area contributed by atoms with Gasteiger partial charge in [0.1, 0.15) is 5.60 Å². The van der Waals surface area contributed by atoms with E-state index in [0.29, 0.717) is 13.1 Å². The molecule has 0 aromatic heterocycles. The molecule has 0 atom stereocenters. The van der Waals surface area contributed by atoms with Gasteiger partial charge in [-0.05, 0) is 48.7 Å². The van der Waals surface area contributed by atoms with Crippen LogP contribution in [0.2, 0.25) is 0 Å². The normalized spacial score (nSPS) is 14.7. The summed E-state index contributed by atoms with van der Waals surface area (Å²) in [6, 6.07) is 14.7. The molecule has 1 saturated heterocycles. The third-order valence-electron chi connectivity index (χ3n) is 3.58. The Morgan fingerprint density at radius 3 is 2.45 bits per heavy atom. The summed E-state index contributed by atoms with van der Waals surface area (Å²) in [4.78, 5) is 13.6. The third-order valence-corrected chi connectivity index (χ3v) is 3.58. The van der Waals surface area contributed by atoms with Crippen LogP contribution >= 0.6 is 0 Å². The van der Waals surface area contributed by atoms with Gasteiger partial charge in [0.2, 0.25) is 0 Å².